The Balaban J connectivity index is 2.52. The fourth-order valence-electron chi connectivity index (χ4n) is 2.36. The van der Waals surface area contributed by atoms with Gasteiger partial charge in [-0.05, 0) is 18.9 Å². The van der Waals surface area contributed by atoms with Crippen molar-refractivity contribution in [2.45, 2.75) is 24.7 Å². The van der Waals surface area contributed by atoms with Gasteiger partial charge in [0, 0.05) is 17.5 Å². The first-order valence-corrected chi connectivity index (χ1v) is 5.78. The minimum atomic E-state index is -0.0343. The van der Waals surface area contributed by atoms with E-state index in [-0.39, 0.29) is 11.2 Å². The van der Waals surface area contributed by atoms with Gasteiger partial charge in [0.1, 0.15) is 0 Å². The van der Waals surface area contributed by atoms with Crippen LogP contribution in [0, 0.1) is 0 Å². The largest absolute Gasteiger partial charge is 0.503 e. The van der Waals surface area contributed by atoms with Gasteiger partial charge < -0.3 is 15.6 Å². The van der Waals surface area contributed by atoms with Crippen LogP contribution in [0.25, 0.3) is 0 Å². The van der Waals surface area contributed by atoms with Crippen molar-refractivity contribution in [3.8, 4) is 11.5 Å². The molecule has 2 rings (SSSR count). The second-order valence-corrected chi connectivity index (χ2v) is 4.72. The maximum Gasteiger partial charge on any atom is 0.177 e. The first kappa shape index (κ1) is 11.6. The lowest BCUT2D eigenvalue weighted by atomic mass is 9.64. The Morgan fingerprint density at radius 1 is 1.50 bits per heavy atom. The third kappa shape index (κ3) is 1.55. The number of aromatic hydroxyl groups is 1. The molecule has 0 amide bonds. The third-order valence-corrected chi connectivity index (χ3v) is 3.86. The lowest BCUT2D eigenvalue weighted by Crippen LogP contribution is -2.41. The summed E-state index contributed by atoms with van der Waals surface area (Å²) in [7, 11) is 1.54. The van der Waals surface area contributed by atoms with Crippen molar-refractivity contribution in [2.24, 2.45) is 5.73 Å². The van der Waals surface area contributed by atoms with Gasteiger partial charge in [-0.2, -0.15) is 0 Å². The Labute approximate surface area is 100 Å². The molecule has 3 N–H and O–H groups in total. The predicted octanol–water partition coefficient (Wildman–Crippen LogP) is 2.43. The van der Waals surface area contributed by atoms with Crippen LogP contribution in [0.2, 0.25) is 5.02 Å². The zero-order valence-electron chi connectivity index (χ0n) is 9.29. The number of rotatable bonds is 3. The summed E-state index contributed by atoms with van der Waals surface area (Å²) in [6, 6.07) is 3.61. The molecule has 1 aromatic carbocycles. The quantitative estimate of drug-likeness (QED) is 0.855. The number of halogens is 1. The molecule has 1 aliphatic rings. The lowest BCUT2D eigenvalue weighted by molar-refractivity contribution is 0.240. The van der Waals surface area contributed by atoms with Gasteiger partial charge >= 0.3 is 0 Å². The fraction of sp³-hybridized carbons (Fsp3) is 0.500. The molecule has 0 aromatic heterocycles. The van der Waals surface area contributed by atoms with E-state index >= 15 is 0 Å². The molecule has 0 spiro atoms. The summed E-state index contributed by atoms with van der Waals surface area (Å²) in [4.78, 5) is 0. The van der Waals surface area contributed by atoms with E-state index in [1.165, 1.54) is 13.5 Å². The van der Waals surface area contributed by atoms with E-state index in [1.807, 2.05) is 6.07 Å². The summed E-state index contributed by atoms with van der Waals surface area (Å²) in [5.41, 5.74) is 6.79. The van der Waals surface area contributed by atoms with Crippen LogP contribution in [0.3, 0.4) is 0 Å². The number of benzene rings is 1. The van der Waals surface area contributed by atoms with Crippen molar-refractivity contribution in [1.29, 1.82) is 0 Å². The fourth-order valence-corrected chi connectivity index (χ4v) is 2.51. The van der Waals surface area contributed by atoms with Crippen LogP contribution in [0.15, 0.2) is 12.1 Å². The molecule has 1 aliphatic carbocycles. The molecule has 0 saturated heterocycles. The summed E-state index contributed by atoms with van der Waals surface area (Å²) in [6.07, 6.45) is 3.26. The summed E-state index contributed by atoms with van der Waals surface area (Å²) in [6.45, 7) is 0.574. The van der Waals surface area contributed by atoms with E-state index in [1.54, 1.807) is 6.07 Å². The molecule has 0 unspecified atom stereocenters. The smallest absolute Gasteiger partial charge is 0.177 e. The van der Waals surface area contributed by atoms with Gasteiger partial charge in [0.15, 0.2) is 11.5 Å². The summed E-state index contributed by atoms with van der Waals surface area (Å²) in [5, 5.41) is 10.2. The van der Waals surface area contributed by atoms with E-state index in [0.29, 0.717) is 17.3 Å². The van der Waals surface area contributed by atoms with E-state index in [0.717, 1.165) is 18.4 Å². The molecule has 0 heterocycles. The van der Waals surface area contributed by atoms with Crippen molar-refractivity contribution >= 4 is 11.6 Å². The van der Waals surface area contributed by atoms with Gasteiger partial charge in [0.25, 0.3) is 0 Å². The second kappa shape index (κ2) is 4.15. The Morgan fingerprint density at radius 3 is 2.62 bits per heavy atom. The third-order valence-electron chi connectivity index (χ3n) is 3.56. The van der Waals surface area contributed by atoms with Gasteiger partial charge in [-0.1, -0.05) is 24.1 Å². The first-order valence-electron chi connectivity index (χ1n) is 5.40. The minimum Gasteiger partial charge on any atom is -0.503 e. The highest BCUT2D eigenvalue weighted by Gasteiger charge is 2.40. The first-order chi connectivity index (χ1) is 7.64. The van der Waals surface area contributed by atoms with Crippen LogP contribution in [-0.4, -0.2) is 18.8 Å². The van der Waals surface area contributed by atoms with Gasteiger partial charge in [0.2, 0.25) is 0 Å². The molecule has 1 saturated carbocycles. The minimum absolute atomic E-state index is 0.0152. The van der Waals surface area contributed by atoms with Gasteiger partial charge in [-0.3, -0.25) is 0 Å². The normalized spacial score (nSPS) is 17.9. The predicted molar refractivity (Wildman–Crippen MR) is 64.3 cm³/mol. The highest BCUT2D eigenvalue weighted by Crippen LogP contribution is 2.50. The van der Waals surface area contributed by atoms with Crippen LogP contribution < -0.4 is 10.5 Å². The molecule has 88 valence electrons. The maximum absolute atomic E-state index is 9.86. The molecule has 4 heteroatoms. The highest BCUT2D eigenvalue weighted by molar-refractivity contribution is 6.32. The van der Waals surface area contributed by atoms with Crippen LogP contribution in [0.1, 0.15) is 24.8 Å². The number of hydrogen-bond acceptors (Lipinski definition) is 3. The second-order valence-electron chi connectivity index (χ2n) is 4.31. The molecule has 16 heavy (non-hydrogen) atoms. The topological polar surface area (TPSA) is 55.5 Å². The Hall–Kier alpha value is -0.930. The van der Waals surface area contributed by atoms with Crippen molar-refractivity contribution in [3.05, 3.63) is 22.7 Å². The van der Waals surface area contributed by atoms with Crippen molar-refractivity contribution in [1.82, 2.24) is 0 Å². The number of phenols is 1. The zero-order chi connectivity index (χ0) is 11.8. The summed E-state index contributed by atoms with van der Waals surface area (Å²) in [5.74, 6) is 0.485. The van der Waals surface area contributed by atoms with Crippen LogP contribution >= 0.6 is 11.6 Å². The molecule has 0 bridgehead atoms. The number of phenolic OH excluding ortho intramolecular Hbond substituents is 1. The van der Waals surface area contributed by atoms with Crippen molar-refractivity contribution in [2.75, 3.05) is 13.7 Å². The standard InChI is InChI=1S/C12H16ClNO2/c1-16-11-8(3-4-9(13)10(11)15)12(7-14)5-2-6-12/h3-4,15H,2,5-7,14H2,1H3. The van der Waals surface area contributed by atoms with Crippen LogP contribution in [0.5, 0.6) is 11.5 Å². The zero-order valence-corrected chi connectivity index (χ0v) is 10.0. The van der Waals surface area contributed by atoms with E-state index < -0.39 is 0 Å². The Kier molecular flexibility index (Phi) is 3.00. The number of hydrogen-bond donors (Lipinski definition) is 2. The van der Waals surface area contributed by atoms with E-state index in [2.05, 4.69) is 0 Å². The van der Waals surface area contributed by atoms with Crippen LogP contribution in [0.4, 0.5) is 0 Å². The number of nitrogens with two attached hydrogens (primary N) is 1. The van der Waals surface area contributed by atoms with E-state index in [9.17, 15) is 5.11 Å². The Bertz CT molecular complexity index is 397. The molecule has 0 aliphatic heterocycles. The molecule has 1 aromatic rings. The highest BCUT2D eigenvalue weighted by atomic mass is 35.5. The van der Waals surface area contributed by atoms with Gasteiger partial charge in [-0.15, -0.1) is 0 Å². The molecule has 1 fully saturated rings. The lowest BCUT2D eigenvalue weighted by Gasteiger charge is -2.42. The maximum atomic E-state index is 9.86. The molecule has 0 atom stereocenters. The molecule has 3 nitrogen and oxygen atoms in total. The average molecular weight is 242 g/mol. The number of ether oxygens (including phenoxy) is 1. The van der Waals surface area contributed by atoms with Crippen LogP contribution in [-0.2, 0) is 5.41 Å². The number of methoxy groups -OCH3 is 1. The molecule has 0 radical (unpaired) electrons. The monoisotopic (exact) mass is 241 g/mol. The summed E-state index contributed by atoms with van der Waals surface area (Å²) >= 11 is 5.86. The van der Waals surface area contributed by atoms with E-state index in [4.69, 9.17) is 22.1 Å². The van der Waals surface area contributed by atoms with Crippen molar-refractivity contribution < 1.29 is 9.84 Å². The molecular formula is C12H16ClNO2. The van der Waals surface area contributed by atoms with Crippen molar-refractivity contribution in [3.63, 3.8) is 0 Å². The van der Waals surface area contributed by atoms with Gasteiger partial charge in [0.05, 0.1) is 12.1 Å². The SMILES string of the molecule is COc1c(C2(CN)CCC2)ccc(Cl)c1O. The van der Waals surface area contributed by atoms with Gasteiger partial charge in [-0.25, -0.2) is 0 Å². The Morgan fingerprint density at radius 2 is 2.19 bits per heavy atom. The average Bonchev–Trinajstić information content (AvgIpc) is 2.23. The molecular weight excluding hydrogens is 226 g/mol. The summed E-state index contributed by atoms with van der Waals surface area (Å²) < 4.78 is 5.25.